The number of hydrogen-bond donors (Lipinski definition) is 0. The highest BCUT2D eigenvalue weighted by Gasteiger charge is 2.10. The fraction of sp³-hybridized carbons (Fsp3) is 0.143. The minimum Gasteiger partial charge on any atom is -0.496 e. The Balaban J connectivity index is 2.30. The molecule has 0 aliphatic rings. The summed E-state index contributed by atoms with van der Waals surface area (Å²) >= 11 is 13.9. The van der Waals surface area contributed by atoms with E-state index in [-0.39, 0.29) is 0 Å². The summed E-state index contributed by atoms with van der Waals surface area (Å²) in [4.78, 5) is 0. The quantitative estimate of drug-likeness (QED) is 0.412. The molecule has 0 unspecified atom stereocenters. The lowest BCUT2D eigenvalue weighted by atomic mass is 10.2. The summed E-state index contributed by atoms with van der Waals surface area (Å²) in [5.41, 5.74) is 1.17. The van der Waals surface area contributed by atoms with Gasteiger partial charge in [-0.15, -0.1) is 0 Å². The molecule has 0 atom stereocenters. The average molecular weight is 530 g/mol. The largest absolute Gasteiger partial charge is 0.496 e. The van der Waals surface area contributed by atoms with Crippen LogP contribution in [0.2, 0.25) is 0 Å². The van der Waals surface area contributed by atoms with Crippen LogP contribution in [0.4, 0.5) is 0 Å². The third-order valence-electron chi connectivity index (χ3n) is 2.60. The minimum atomic E-state index is 0.719. The molecule has 2 rings (SSSR count). The average Bonchev–Trinajstić information content (AvgIpc) is 2.42. The summed E-state index contributed by atoms with van der Waals surface area (Å²) in [7, 11) is 1.63. The fourth-order valence-electron chi connectivity index (χ4n) is 1.57. The molecule has 0 heterocycles. The molecule has 0 N–H and O–H groups in total. The molecule has 0 aliphatic heterocycles. The number of methoxy groups -OCH3 is 1. The Bertz CT molecular complexity index is 629. The Labute approximate surface area is 151 Å². The van der Waals surface area contributed by atoms with Crippen LogP contribution in [0.1, 0.15) is 5.56 Å². The first kappa shape index (κ1) is 16.3. The predicted molar refractivity (Wildman–Crippen MR) is 95.2 cm³/mol. The third kappa shape index (κ3) is 3.78. The molecular weight excluding hydrogens is 520 g/mol. The Morgan fingerprint density at radius 1 is 0.900 bits per heavy atom. The zero-order valence-corrected chi connectivity index (χ0v) is 16.8. The lowest BCUT2D eigenvalue weighted by Crippen LogP contribution is -1.90. The molecule has 0 saturated carbocycles. The lowest BCUT2D eigenvalue weighted by Gasteiger charge is -2.12. The van der Waals surface area contributed by atoms with Gasteiger partial charge in [-0.2, -0.15) is 0 Å². The third-order valence-corrected chi connectivity index (χ3v) is 5.18. The Hall–Kier alpha value is -0.0400. The van der Waals surface area contributed by atoms with Crippen molar-refractivity contribution in [2.24, 2.45) is 0 Å². The Morgan fingerprint density at radius 3 is 2.15 bits per heavy atom. The molecule has 0 aromatic heterocycles. The van der Waals surface area contributed by atoms with E-state index in [1.165, 1.54) is 5.56 Å². The van der Waals surface area contributed by atoms with Crippen LogP contribution in [0, 0.1) is 0 Å². The second-order valence-corrected chi connectivity index (χ2v) is 7.03. The van der Waals surface area contributed by atoms with Crippen LogP contribution in [-0.2, 0) is 5.33 Å². The van der Waals surface area contributed by atoms with E-state index in [2.05, 4.69) is 63.7 Å². The minimum absolute atomic E-state index is 0.719. The molecule has 2 nitrogen and oxygen atoms in total. The van der Waals surface area contributed by atoms with Crippen LogP contribution in [0.25, 0.3) is 0 Å². The predicted octanol–water partition coefficient (Wildman–Crippen LogP) is 6.67. The number of rotatable bonds is 4. The van der Waals surface area contributed by atoms with Gasteiger partial charge in [0.15, 0.2) is 0 Å². The maximum absolute atomic E-state index is 5.89. The smallest absolute Gasteiger partial charge is 0.143 e. The number of ether oxygens (including phenoxy) is 2. The van der Waals surface area contributed by atoms with Gasteiger partial charge in [0, 0.05) is 9.80 Å². The Kier molecular flexibility index (Phi) is 5.95. The van der Waals surface area contributed by atoms with Crippen molar-refractivity contribution in [3.05, 3.63) is 49.3 Å². The zero-order valence-electron chi connectivity index (χ0n) is 10.4. The van der Waals surface area contributed by atoms with Crippen LogP contribution in [0.3, 0.4) is 0 Å². The van der Waals surface area contributed by atoms with Crippen molar-refractivity contribution in [2.75, 3.05) is 7.11 Å². The molecule has 2 aromatic carbocycles. The topological polar surface area (TPSA) is 18.5 Å². The van der Waals surface area contributed by atoms with Crippen LogP contribution >= 0.6 is 63.7 Å². The molecule has 0 fully saturated rings. The highest BCUT2D eigenvalue weighted by molar-refractivity contribution is 9.11. The first-order chi connectivity index (χ1) is 9.55. The molecule has 106 valence electrons. The first-order valence-electron chi connectivity index (χ1n) is 5.60. The van der Waals surface area contributed by atoms with Crippen molar-refractivity contribution >= 4 is 63.7 Å². The first-order valence-corrected chi connectivity index (χ1v) is 9.10. The van der Waals surface area contributed by atoms with E-state index < -0.39 is 0 Å². The van der Waals surface area contributed by atoms with Crippen molar-refractivity contribution < 1.29 is 9.47 Å². The second-order valence-electron chi connectivity index (χ2n) is 3.91. The van der Waals surface area contributed by atoms with Crippen LogP contribution in [0.5, 0.6) is 17.2 Å². The number of alkyl halides is 1. The van der Waals surface area contributed by atoms with E-state index in [1.54, 1.807) is 7.11 Å². The van der Waals surface area contributed by atoms with Gasteiger partial charge < -0.3 is 9.47 Å². The molecule has 0 amide bonds. The van der Waals surface area contributed by atoms with Crippen molar-refractivity contribution in [2.45, 2.75) is 5.33 Å². The van der Waals surface area contributed by atoms with Crippen molar-refractivity contribution in [1.29, 1.82) is 0 Å². The summed E-state index contributed by atoms with van der Waals surface area (Å²) < 4.78 is 13.8. The molecule has 20 heavy (non-hydrogen) atoms. The Morgan fingerprint density at radius 2 is 1.55 bits per heavy atom. The fourth-order valence-corrected chi connectivity index (χ4v) is 3.82. The molecule has 0 saturated heterocycles. The van der Waals surface area contributed by atoms with Gasteiger partial charge >= 0.3 is 0 Å². The van der Waals surface area contributed by atoms with Crippen molar-refractivity contribution in [3.8, 4) is 17.2 Å². The normalized spacial score (nSPS) is 10.4. The van der Waals surface area contributed by atoms with E-state index in [1.807, 2.05) is 30.3 Å². The van der Waals surface area contributed by atoms with Gasteiger partial charge in [0.05, 0.1) is 16.1 Å². The standard InChI is InChI=1S/C14H10Br4O2/c1-19-13-5-12(18)14(6-11(13)17)20-9-3-2-8(7-15)10(16)4-9/h2-6H,7H2,1H3. The van der Waals surface area contributed by atoms with Gasteiger partial charge in [0.1, 0.15) is 17.2 Å². The van der Waals surface area contributed by atoms with Crippen LogP contribution < -0.4 is 9.47 Å². The van der Waals surface area contributed by atoms with E-state index in [4.69, 9.17) is 9.47 Å². The monoisotopic (exact) mass is 526 g/mol. The van der Waals surface area contributed by atoms with Crippen LogP contribution in [-0.4, -0.2) is 7.11 Å². The van der Waals surface area contributed by atoms with E-state index >= 15 is 0 Å². The maximum atomic E-state index is 5.89. The van der Waals surface area contributed by atoms with E-state index in [0.29, 0.717) is 0 Å². The maximum Gasteiger partial charge on any atom is 0.143 e. The van der Waals surface area contributed by atoms with E-state index in [9.17, 15) is 0 Å². The highest BCUT2D eigenvalue weighted by atomic mass is 79.9. The van der Waals surface area contributed by atoms with Gasteiger partial charge in [-0.1, -0.05) is 37.9 Å². The van der Waals surface area contributed by atoms with Gasteiger partial charge in [0.2, 0.25) is 0 Å². The SMILES string of the molecule is COc1cc(Br)c(Oc2ccc(CBr)c(Br)c2)cc1Br. The van der Waals surface area contributed by atoms with Crippen molar-refractivity contribution in [1.82, 2.24) is 0 Å². The molecule has 0 radical (unpaired) electrons. The summed E-state index contributed by atoms with van der Waals surface area (Å²) in [6.45, 7) is 0. The van der Waals surface area contributed by atoms with E-state index in [0.717, 1.165) is 36.0 Å². The molecular formula is C14H10Br4O2. The number of hydrogen-bond acceptors (Lipinski definition) is 2. The molecule has 0 aliphatic carbocycles. The summed E-state index contributed by atoms with van der Waals surface area (Å²) in [6.07, 6.45) is 0. The molecule has 0 spiro atoms. The van der Waals surface area contributed by atoms with Gasteiger partial charge in [-0.3, -0.25) is 0 Å². The highest BCUT2D eigenvalue weighted by Crippen LogP contribution is 2.38. The summed E-state index contributed by atoms with van der Waals surface area (Å²) in [5.74, 6) is 2.23. The zero-order chi connectivity index (χ0) is 14.7. The summed E-state index contributed by atoms with van der Waals surface area (Å²) in [5, 5.41) is 0.797. The van der Waals surface area contributed by atoms with Crippen molar-refractivity contribution in [3.63, 3.8) is 0 Å². The lowest BCUT2D eigenvalue weighted by molar-refractivity contribution is 0.409. The molecule has 2 aromatic rings. The van der Waals surface area contributed by atoms with Gasteiger partial charge in [-0.05, 0) is 61.7 Å². The molecule has 0 bridgehead atoms. The second kappa shape index (κ2) is 7.29. The van der Waals surface area contributed by atoms with Crippen LogP contribution in [0.15, 0.2) is 43.7 Å². The molecule has 6 heteroatoms. The number of benzene rings is 2. The van der Waals surface area contributed by atoms with Gasteiger partial charge in [-0.25, -0.2) is 0 Å². The van der Waals surface area contributed by atoms with Gasteiger partial charge in [0.25, 0.3) is 0 Å². The summed E-state index contributed by atoms with van der Waals surface area (Å²) in [6, 6.07) is 9.63. The number of halogens is 4.